The second-order valence-electron chi connectivity index (χ2n) is 4.58. The standard InChI is InChI=1S/C13H19N3O3/c1-18-12(17)11-7-6-10(19-11)8-15-13(14)16-9-4-2-3-5-9/h6-7,9H,2-5,8H2,1H3,(H3,14,15,16). The number of furan rings is 1. The molecule has 1 aromatic rings. The summed E-state index contributed by atoms with van der Waals surface area (Å²) < 4.78 is 9.85. The molecule has 0 bridgehead atoms. The van der Waals surface area contributed by atoms with Crippen molar-refractivity contribution in [2.45, 2.75) is 38.3 Å². The quantitative estimate of drug-likeness (QED) is 0.488. The molecular weight excluding hydrogens is 246 g/mol. The van der Waals surface area contributed by atoms with Gasteiger partial charge in [-0.1, -0.05) is 12.8 Å². The van der Waals surface area contributed by atoms with Crippen LogP contribution >= 0.6 is 0 Å². The molecule has 0 saturated heterocycles. The molecule has 0 radical (unpaired) electrons. The fourth-order valence-electron chi connectivity index (χ4n) is 2.16. The molecule has 2 rings (SSSR count). The first-order valence-corrected chi connectivity index (χ1v) is 6.42. The van der Waals surface area contributed by atoms with Crippen LogP contribution in [0, 0.1) is 0 Å². The maximum atomic E-state index is 11.2. The summed E-state index contributed by atoms with van der Waals surface area (Å²) in [5, 5.41) is 3.18. The molecular formula is C13H19N3O3. The molecule has 0 aliphatic heterocycles. The highest BCUT2D eigenvalue weighted by molar-refractivity contribution is 5.86. The Bertz CT molecular complexity index is 461. The van der Waals surface area contributed by atoms with Gasteiger partial charge in [0.25, 0.3) is 0 Å². The lowest BCUT2D eigenvalue weighted by Gasteiger charge is -2.11. The molecule has 6 heteroatoms. The van der Waals surface area contributed by atoms with Crippen molar-refractivity contribution in [3.8, 4) is 0 Å². The Morgan fingerprint density at radius 2 is 2.26 bits per heavy atom. The number of methoxy groups -OCH3 is 1. The van der Waals surface area contributed by atoms with Crippen LogP contribution in [0.1, 0.15) is 42.0 Å². The largest absolute Gasteiger partial charge is 0.463 e. The minimum atomic E-state index is -0.493. The van der Waals surface area contributed by atoms with E-state index >= 15 is 0 Å². The summed E-state index contributed by atoms with van der Waals surface area (Å²) in [4.78, 5) is 15.4. The second-order valence-corrected chi connectivity index (χ2v) is 4.58. The zero-order valence-electron chi connectivity index (χ0n) is 11.0. The molecule has 0 unspecified atom stereocenters. The molecule has 1 aliphatic carbocycles. The number of nitrogens with one attached hydrogen (secondary N) is 1. The van der Waals surface area contributed by atoms with Gasteiger partial charge in [-0.05, 0) is 25.0 Å². The Labute approximate surface area is 112 Å². The molecule has 104 valence electrons. The molecule has 0 aromatic carbocycles. The lowest BCUT2D eigenvalue weighted by Crippen LogP contribution is -2.38. The van der Waals surface area contributed by atoms with Gasteiger partial charge in [-0.2, -0.15) is 0 Å². The normalized spacial score (nSPS) is 16.6. The molecule has 6 nitrogen and oxygen atoms in total. The third kappa shape index (κ3) is 3.74. The average molecular weight is 265 g/mol. The molecule has 1 fully saturated rings. The third-order valence-electron chi connectivity index (χ3n) is 3.16. The van der Waals surface area contributed by atoms with Crippen molar-refractivity contribution in [2.75, 3.05) is 7.11 Å². The predicted molar refractivity (Wildman–Crippen MR) is 70.8 cm³/mol. The van der Waals surface area contributed by atoms with Gasteiger partial charge in [0.1, 0.15) is 12.3 Å². The minimum Gasteiger partial charge on any atom is -0.463 e. The average Bonchev–Trinajstić information content (AvgIpc) is 3.06. The number of rotatable bonds is 4. The second kappa shape index (κ2) is 6.26. The summed E-state index contributed by atoms with van der Waals surface area (Å²) in [5.74, 6) is 0.682. The van der Waals surface area contributed by atoms with Crippen molar-refractivity contribution >= 4 is 11.9 Å². The molecule has 3 N–H and O–H groups in total. The van der Waals surface area contributed by atoms with E-state index in [1.807, 2.05) is 0 Å². The van der Waals surface area contributed by atoms with Crippen molar-refractivity contribution in [3.63, 3.8) is 0 Å². The molecule has 0 amide bonds. The van der Waals surface area contributed by atoms with E-state index in [0.29, 0.717) is 24.3 Å². The lowest BCUT2D eigenvalue weighted by atomic mass is 10.2. The summed E-state index contributed by atoms with van der Waals surface area (Å²) in [5.41, 5.74) is 5.80. The lowest BCUT2D eigenvalue weighted by molar-refractivity contribution is 0.0563. The number of hydrogen-bond donors (Lipinski definition) is 2. The van der Waals surface area contributed by atoms with Crippen LogP contribution in [0.2, 0.25) is 0 Å². The Kier molecular flexibility index (Phi) is 4.43. The van der Waals surface area contributed by atoms with E-state index in [1.54, 1.807) is 12.1 Å². The number of nitrogens with two attached hydrogens (primary N) is 1. The molecule has 1 heterocycles. The number of esters is 1. The number of nitrogens with zero attached hydrogens (tertiary/aromatic N) is 1. The van der Waals surface area contributed by atoms with Crippen LogP contribution in [0.4, 0.5) is 0 Å². The van der Waals surface area contributed by atoms with E-state index in [1.165, 1.54) is 20.0 Å². The van der Waals surface area contributed by atoms with Gasteiger partial charge in [0.05, 0.1) is 7.11 Å². The zero-order valence-corrected chi connectivity index (χ0v) is 11.0. The van der Waals surface area contributed by atoms with Gasteiger partial charge >= 0.3 is 5.97 Å². The number of hydrogen-bond acceptors (Lipinski definition) is 4. The smallest absolute Gasteiger partial charge is 0.373 e. The topological polar surface area (TPSA) is 89.8 Å². The highest BCUT2D eigenvalue weighted by Crippen LogP contribution is 2.17. The Balaban J connectivity index is 1.86. The maximum Gasteiger partial charge on any atom is 0.373 e. The van der Waals surface area contributed by atoms with Gasteiger partial charge in [0, 0.05) is 6.04 Å². The van der Waals surface area contributed by atoms with Crippen LogP contribution in [-0.4, -0.2) is 25.1 Å². The molecule has 1 aliphatic rings. The van der Waals surface area contributed by atoms with E-state index in [0.717, 1.165) is 12.8 Å². The maximum absolute atomic E-state index is 11.2. The number of guanidine groups is 1. The third-order valence-corrected chi connectivity index (χ3v) is 3.16. The van der Waals surface area contributed by atoms with Crippen molar-refractivity contribution in [3.05, 3.63) is 23.7 Å². The summed E-state index contributed by atoms with van der Waals surface area (Å²) in [6.07, 6.45) is 4.77. The number of aliphatic imine (C=N–C) groups is 1. The summed E-state index contributed by atoms with van der Waals surface area (Å²) >= 11 is 0. The van der Waals surface area contributed by atoms with Gasteiger partial charge in [-0.15, -0.1) is 0 Å². The Hall–Kier alpha value is -1.98. The summed E-state index contributed by atoms with van der Waals surface area (Å²) in [6.45, 7) is 0.308. The minimum absolute atomic E-state index is 0.176. The van der Waals surface area contributed by atoms with E-state index in [9.17, 15) is 4.79 Å². The van der Waals surface area contributed by atoms with Crippen molar-refractivity contribution in [1.29, 1.82) is 0 Å². The summed E-state index contributed by atoms with van der Waals surface area (Å²) in [6, 6.07) is 3.70. The molecule has 0 spiro atoms. The van der Waals surface area contributed by atoms with E-state index in [-0.39, 0.29) is 5.76 Å². The Morgan fingerprint density at radius 1 is 1.53 bits per heavy atom. The summed E-state index contributed by atoms with van der Waals surface area (Å²) in [7, 11) is 1.31. The van der Waals surface area contributed by atoms with Crippen LogP contribution in [-0.2, 0) is 11.3 Å². The highest BCUT2D eigenvalue weighted by Gasteiger charge is 2.15. The van der Waals surface area contributed by atoms with Crippen LogP contribution < -0.4 is 11.1 Å². The fourth-order valence-corrected chi connectivity index (χ4v) is 2.16. The first-order chi connectivity index (χ1) is 9.19. The van der Waals surface area contributed by atoms with Crippen molar-refractivity contribution in [1.82, 2.24) is 5.32 Å². The van der Waals surface area contributed by atoms with Gasteiger partial charge in [-0.25, -0.2) is 9.79 Å². The molecule has 1 aromatic heterocycles. The number of ether oxygens (including phenoxy) is 1. The number of carbonyl (C=O) groups is 1. The first kappa shape index (κ1) is 13.5. The Morgan fingerprint density at radius 3 is 2.95 bits per heavy atom. The van der Waals surface area contributed by atoms with E-state index in [4.69, 9.17) is 10.2 Å². The van der Waals surface area contributed by atoms with Crippen molar-refractivity contribution in [2.24, 2.45) is 10.7 Å². The fraction of sp³-hybridized carbons (Fsp3) is 0.538. The van der Waals surface area contributed by atoms with Gasteiger partial charge in [0.2, 0.25) is 5.76 Å². The SMILES string of the molecule is COC(=O)c1ccc(CN=C(N)NC2CCCC2)o1. The van der Waals surface area contributed by atoms with Crippen molar-refractivity contribution < 1.29 is 13.9 Å². The highest BCUT2D eigenvalue weighted by atomic mass is 16.5. The number of carbonyl (C=O) groups excluding carboxylic acids is 1. The zero-order chi connectivity index (χ0) is 13.7. The van der Waals surface area contributed by atoms with Crippen LogP contribution in [0.3, 0.4) is 0 Å². The van der Waals surface area contributed by atoms with E-state index in [2.05, 4.69) is 15.0 Å². The van der Waals surface area contributed by atoms with E-state index < -0.39 is 5.97 Å². The van der Waals surface area contributed by atoms with Crippen LogP contribution in [0.5, 0.6) is 0 Å². The van der Waals surface area contributed by atoms with Crippen LogP contribution in [0.15, 0.2) is 21.5 Å². The van der Waals surface area contributed by atoms with Gasteiger partial charge in [0.15, 0.2) is 5.96 Å². The van der Waals surface area contributed by atoms with Gasteiger partial charge < -0.3 is 20.2 Å². The monoisotopic (exact) mass is 265 g/mol. The molecule has 0 atom stereocenters. The van der Waals surface area contributed by atoms with Crippen LogP contribution in [0.25, 0.3) is 0 Å². The van der Waals surface area contributed by atoms with Gasteiger partial charge in [-0.3, -0.25) is 0 Å². The predicted octanol–water partition coefficient (Wildman–Crippen LogP) is 1.41. The first-order valence-electron chi connectivity index (χ1n) is 6.42. The molecule has 1 saturated carbocycles. The molecule has 19 heavy (non-hydrogen) atoms.